The van der Waals surface area contributed by atoms with Gasteiger partial charge in [-0.1, -0.05) is 0 Å². The summed E-state index contributed by atoms with van der Waals surface area (Å²) >= 11 is 0. The van der Waals surface area contributed by atoms with E-state index in [1.807, 2.05) is 25.3 Å². The fraction of sp³-hybridized carbons (Fsp3) is 0.125. The van der Waals surface area contributed by atoms with Crippen LogP contribution in [0.5, 0.6) is 0 Å². The molecule has 0 fully saturated rings. The molecule has 3 nitrogen and oxygen atoms in total. The lowest BCUT2D eigenvalue weighted by molar-refractivity contribution is 0.933. The zero-order valence-electron chi connectivity index (χ0n) is 6.28. The van der Waals surface area contributed by atoms with E-state index in [0.29, 0.717) is 0 Å². The predicted octanol–water partition coefficient (Wildman–Crippen LogP) is 1.22. The Kier molecular flexibility index (Phi) is 1.12. The van der Waals surface area contributed by atoms with Crippen LogP contribution in [0.15, 0.2) is 24.5 Å². The van der Waals surface area contributed by atoms with Gasteiger partial charge in [0, 0.05) is 0 Å². The van der Waals surface area contributed by atoms with E-state index >= 15 is 0 Å². The highest BCUT2D eigenvalue weighted by Gasteiger charge is 1.95. The van der Waals surface area contributed by atoms with E-state index in [4.69, 9.17) is 5.73 Å². The molecule has 0 aromatic carbocycles. The van der Waals surface area contributed by atoms with Gasteiger partial charge in [-0.15, -0.1) is 0 Å². The van der Waals surface area contributed by atoms with Gasteiger partial charge in [0.25, 0.3) is 0 Å². The Morgan fingerprint density at radius 3 is 3.09 bits per heavy atom. The average Bonchev–Trinajstić information content (AvgIpc) is 2.27. The predicted molar refractivity (Wildman–Crippen MR) is 44.3 cm³/mol. The molecule has 0 aliphatic carbocycles. The molecule has 2 rings (SSSR count). The second-order valence-corrected chi connectivity index (χ2v) is 2.68. The molecule has 0 spiro atoms. The molecule has 2 aromatic rings. The summed E-state index contributed by atoms with van der Waals surface area (Å²) < 4.78 is 1.77. The van der Waals surface area contributed by atoms with Crippen LogP contribution < -0.4 is 5.73 Å². The molecule has 0 radical (unpaired) electrons. The summed E-state index contributed by atoms with van der Waals surface area (Å²) in [5.74, 6) is 0. The molecular weight excluding hydrogens is 138 g/mol. The molecular formula is C8H9N3. The van der Waals surface area contributed by atoms with Crippen LogP contribution in [-0.4, -0.2) is 9.61 Å². The molecule has 3 heteroatoms. The van der Waals surface area contributed by atoms with Crippen molar-refractivity contribution in [3.05, 3.63) is 30.1 Å². The van der Waals surface area contributed by atoms with Crippen LogP contribution in [0.25, 0.3) is 5.52 Å². The first kappa shape index (κ1) is 6.22. The van der Waals surface area contributed by atoms with Gasteiger partial charge in [-0.3, -0.25) is 0 Å². The number of hydrogen-bond acceptors (Lipinski definition) is 2. The molecule has 2 N–H and O–H groups in total. The van der Waals surface area contributed by atoms with Crippen molar-refractivity contribution in [3.8, 4) is 0 Å². The molecule has 0 atom stereocenters. The highest BCUT2D eigenvalue weighted by Crippen LogP contribution is 2.10. The monoisotopic (exact) mass is 147 g/mol. The summed E-state index contributed by atoms with van der Waals surface area (Å²) in [6.07, 6.45) is 3.61. The molecule has 56 valence electrons. The summed E-state index contributed by atoms with van der Waals surface area (Å²) in [5.41, 5.74) is 8.53. The van der Waals surface area contributed by atoms with Crippen molar-refractivity contribution in [2.24, 2.45) is 0 Å². The van der Waals surface area contributed by atoms with Gasteiger partial charge in [-0.25, -0.2) is 4.52 Å². The van der Waals surface area contributed by atoms with Crippen molar-refractivity contribution in [3.63, 3.8) is 0 Å². The van der Waals surface area contributed by atoms with Crippen LogP contribution in [0.3, 0.4) is 0 Å². The minimum atomic E-state index is 0.753. The Labute approximate surface area is 64.4 Å². The van der Waals surface area contributed by atoms with Gasteiger partial charge < -0.3 is 5.73 Å². The Bertz CT molecular complexity index is 389. The second-order valence-electron chi connectivity index (χ2n) is 2.68. The number of rotatable bonds is 0. The number of nitrogens with two attached hydrogens (primary N) is 1. The zero-order valence-corrected chi connectivity index (χ0v) is 6.28. The van der Waals surface area contributed by atoms with Crippen LogP contribution in [0, 0.1) is 6.92 Å². The quantitative estimate of drug-likeness (QED) is 0.609. The Hall–Kier alpha value is -1.51. The third kappa shape index (κ3) is 0.941. The van der Waals surface area contributed by atoms with E-state index in [1.54, 1.807) is 10.7 Å². The lowest BCUT2D eigenvalue weighted by Gasteiger charge is -1.92. The number of anilines is 1. The normalized spacial score (nSPS) is 10.6. The summed E-state index contributed by atoms with van der Waals surface area (Å²) in [4.78, 5) is 0. The second kappa shape index (κ2) is 1.99. The number of aromatic nitrogens is 2. The third-order valence-electron chi connectivity index (χ3n) is 1.61. The highest BCUT2D eigenvalue weighted by atomic mass is 15.2. The van der Waals surface area contributed by atoms with Crippen LogP contribution >= 0.6 is 0 Å². The Morgan fingerprint density at radius 2 is 2.27 bits per heavy atom. The lowest BCUT2D eigenvalue weighted by Crippen LogP contribution is -1.88. The number of nitrogens with zero attached hydrogens (tertiary/aromatic N) is 2. The fourth-order valence-electron chi connectivity index (χ4n) is 1.12. The van der Waals surface area contributed by atoms with Crippen LogP contribution in [0.4, 0.5) is 5.69 Å². The zero-order chi connectivity index (χ0) is 7.84. The van der Waals surface area contributed by atoms with Crippen molar-refractivity contribution in [2.75, 3.05) is 5.73 Å². The summed E-state index contributed by atoms with van der Waals surface area (Å²) in [5, 5.41) is 4.14. The van der Waals surface area contributed by atoms with Gasteiger partial charge in [0.2, 0.25) is 0 Å². The molecule has 2 aromatic heterocycles. The van der Waals surface area contributed by atoms with Crippen LogP contribution in [0.2, 0.25) is 0 Å². The third-order valence-corrected chi connectivity index (χ3v) is 1.61. The van der Waals surface area contributed by atoms with Crippen LogP contribution in [0.1, 0.15) is 5.56 Å². The van der Waals surface area contributed by atoms with Gasteiger partial charge >= 0.3 is 0 Å². The molecule has 0 bridgehead atoms. The minimum absolute atomic E-state index is 0.753. The van der Waals surface area contributed by atoms with E-state index in [0.717, 1.165) is 16.8 Å². The first-order valence-corrected chi connectivity index (χ1v) is 3.46. The lowest BCUT2D eigenvalue weighted by atomic mass is 10.3. The summed E-state index contributed by atoms with van der Waals surface area (Å²) in [6.45, 7) is 2.01. The SMILES string of the molecule is Cc1cnn2cc(N)cc2c1. The number of hydrogen-bond donors (Lipinski definition) is 1. The first-order valence-electron chi connectivity index (χ1n) is 3.46. The summed E-state index contributed by atoms with van der Waals surface area (Å²) in [7, 11) is 0. The molecule has 0 aliphatic rings. The van der Waals surface area contributed by atoms with Gasteiger partial charge in [0.1, 0.15) is 0 Å². The van der Waals surface area contributed by atoms with E-state index < -0.39 is 0 Å². The smallest absolute Gasteiger partial charge is 0.0670 e. The average molecular weight is 147 g/mol. The van der Waals surface area contributed by atoms with Crippen molar-refractivity contribution in [1.29, 1.82) is 0 Å². The number of aryl methyl sites for hydroxylation is 1. The van der Waals surface area contributed by atoms with Gasteiger partial charge in [0.15, 0.2) is 0 Å². The topological polar surface area (TPSA) is 43.3 Å². The van der Waals surface area contributed by atoms with E-state index in [-0.39, 0.29) is 0 Å². The van der Waals surface area contributed by atoms with Gasteiger partial charge in [-0.05, 0) is 24.6 Å². The van der Waals surface area contributed by atoms with Crippen molar-refractivity contribution < 1.29 is 0 Å². The Balaban J connectivity index is 2.82. The molecule has 0 saturated carbocycles. The van der Waals surface area contributed by atoms with E-state index in [2.05, 4.69) is 5.10 Å². The maximum absolute atomic E-state index is 5.58. The van der Waals surface area contributed by atoms with E-state index in [9.17, 15) is 0 Å². The van der Waals surface area contributed by atoms with E-state index in [1.165, 1.54) is 0 Å². The maximum atomic E-state index is 5.58. The highest BCUT2D eigenvalue weighted by molar-refractivity contribution is 5.58. The minimum Gasteiger partial charge on any atom is -0.397 e. The molecule has 0 aliphatic heterocycles. The molecule has 0 saturated heterocycles. The molecule has 2 heterocycles. The van der Waals surface area contributed by atoms with Crippen molar-refractivity contribution in [2.45, 2.75) is 6.92 Å². The number of nitrogen functional groups attached to an aromatic ring is 1. The fourth-order valence-corrected chi connectivity index (χ4v) is 1.12. The van der Waals surface area contributed by atoms with Crippen molar-refractivity contribution in [1.82, 2.24) is 9.61 Å². The van der Waals surface area contributed by atoms with Gasteiger partial charge in [0.05, 0.1) is 23.6 Å². The Morgan fingerprint density at radius 1 is 1.45 bits per heavy atom. The largest absolute Gasteiger partial charge is 0.397 e. The molecule has 0 unspecified atom stereocenters. The standard InChI is InChI=1S/C8H9N3/c1-6-2-8-3-7(9)5-11(8)10-4-6/h2-5H,9H2,1H3. The van der Waals surface area contributed by atoms with Gasteiger partial charge in [-0.2, -0.15) is 5.10 Å². The van der Waals surface area contributed by atoms with Crippen molar-refractivity contribution >= 4 is 11.2 Å². The number of fused-ring (bicyclic) bond motifs is 1. The van der Waals surface area contributed by atoms with Crippen LogP contribution in [-0.2, 0) is 0 Å². The molecule has 0 amide bonds. The molecule has 11 heavy (non-hydrogen) atoms. The maximum Gasteiger partial charge on any atom is 0.0670 e. The first-order chi connectivity index (χ1) is 5.25. The summed E-state index contributed by atoms with van der Waals surface area (Å²) in [6, 6.07) is 3.95.